The molecule has 1 aromatic rings. The molecule has 0 bridgehead atoms. The number of aliphatic hydroxyl groups is 3. The molecule has 162 valence electrons. The van der Waals surface area contributed by atoms with Crippen LogP contribution in [0.3, 0.4) is 0 Å². The van der Waals surface area contributed by atoms with Crippen molar-refractivity contribution in [2.45, 2.75) is 96.1 Å². The highest BCUT2D eigenvalue weighted by Crippen LogP contribution is 2.29. The van der Waals surface area contributed by atoms with Gasteiger partial charge in [-0.25, -0.2) is 0 Å². The van der Waals surface area contributed by atoms with Crippen molar-refractivity contribution in [2.24, 2.45) is 5.92 Å². The number of rotatable bonds is 14. The Kier molecular flexibility index (Phi) is 11.1. The van der Waals surface area contributed by atoms with E-state index >= 15 is 0 Å². The standard InChI is InChI=1S/C22H35F3O3/c1-2-3-4-5-6-9-12-20(22(26,27)28)13-10-7-8-11-18-14-16-19(17-15-18)21(23,24)25/h14-17,20,26-28H,2-13H2,1H3. The third-order valence-corrected chi connectivity index (χ3v) is 5.25. The zero-order chi connectivity index (χ0) is 21.0. The molecule has 6 heteroatoms. The van der Waals surface area contributed by atoms with Gasteiger partial charge in [0.2, 0.25) is 0 Å². The molecule has 0 aliphatic heterocycles. The van der Waals surface area contributed by atoms with Crippen molar-refractivity contribution in [3.63, 3.8) is 0 Å². The maximum atomic E-state index is 12.5. The molecule has 0 saturated heterocycles. The van der Waals surface area contributed by atoms with Crippen molar-refractivity contribution in [3.8, 4) is 0 Å². The Balaban J connectivity index is 2.26. The van der Waals surface area contributed by atoms with E-state index in [0.29, 0.717) is 19.3 Å². The third kappa shape index (κ3) is 10.4. The number of aryl methyl sites for hydroxylation is 1. The van der Waals surface area contributed by atoms with Crippen molar-refractivity contribution >= 4 is 0 Å². The maximum absolute atomic E-state index is 12.5. The quantitative estimate of drug-likeness (QED) is 0.271. The molecule has 0 amide bonds. The van der Waals surface area contributed by atoms with Gasteiger partial charge in [-0.3, -0.25) is 0 Å². The Morgan fingerprint density at radius 1 is 0.750 bits per heavy atom. The van der Waals surface area contributed by atoms with Gasteiger partial charge in [0.1, 0.15) is 0 Å². The van der Waals surface area contributed by atoms with E-state index in [-0.39, 0.29) is 0 Å². The molecular formula is C22H35F3O3. The molecule has 0 saturated carbocycles. The summed E-state index contributed by atoms with van der Waals surface area (Å²) in [6.07, 6.45) is 6.45. The highest BCUT2D eigenvalue weighted by atomic mass is 19.4. The van der Waals surface area contributed by atoms with Crippen molar-refractivity contribution in [1.82, 2.24) is 0 Å². The van der Waals surface area contributed by atoms with E-state index in [4.69, 9.17) is 0 Å². The van der Waals surface area contributed by atoms with Crippen LogP contribution in [0.5, 0.6) is 0 Å². The van der Waals surface area contributed by atoms with Gasteiger partial charge in [0.15, 0.2) is 0 Å². The largest absolute Gasteiger partial charge is 0.416 e. The van der Waals surface area contributed by atoms with Gasteiger partial charge in [-0.1, -0.05) is 70.4 Å². The second-order valence-electron chi connectivity index (χ2n) is 7.73. The summed E-state index contributed by atoms with van der Waals surface area (Å²) in [5.74, 6) is -3.21. The minimum Gasteiger partial charge on any atom is -0.343 e. The first-order valence-electron chi connectivity index (χ1n) is 10.5. The molecule has 0 fully saturated rings. The fourth-order valence-corrected chi connectivity index (χ4v) is 3.46. The van der Waals surface area contributed by atoms with Gasteiger partial charge in [0, 0.05) is 5.92 Å². The summed E-state index contributed by atoms with van der Waals surface area (Å²) < 4.78 is 37.6. The van der Waals surface area contributed by atoms with E-state index in [9.17, 15) is 28.5 Å². The van der Waals surface area contributed by atoms with Crippen LogP contribution in [0.4, 0.5) is 13.2 Å². The predicted octanol–water partition coefficient (Wildman–Crippen LogP) is 5.81. The zero-order valence-corrected chi connectivity index (χ0v) is 16.8. The maximum Gasteiger partial charge on any atom is 0.416 e. The number of alkyl halides is 3. The van der Waals surface area contributed by atoms with Crippen LogP contribution in [0.15, 0.2) is 24.3 Å². The topological polar surface area (TPSA) is 60.7 Å². The summed E-state index contributed by atoms with van der Waals surface area (Å²) in [4.78, 5) is 0. The van der Waals surface area contributed by atoms with Gasteiger partial charge in [0.05, 0.1) is 5.56 Å². The van der Waals surface area contributed by atoms with Crippen molar-refractivity contribution < 1.29 is 28.5 Å². The smallest absolute Gasteiger partial charge is 0.343 e. The summed E-state index contributed by atoms with van der Waals surface area (Å²) >= 11 is 0. The Hall–Kier alpha value is -1.11. The summed E-state index contributed by atoms with van der Waals surface area (Å²) in [7, 11) is 0. The molecule has 1 atom stereocenters. The Morgan fingerprint density at radius 3 is 1.75 bits per heavy atom. The van der Waals surface area contributed by atoms with E-state index < -0.39 is 23.6 Å². The summed E-state index contributed by atoms with van der Waals surface area (Å²) in [5, 5.41) is 28.7. The Labute approximate surface area is 166 Å². The number of benzene rings is 1. The van der Waals surface area contributed by atoms with Crippen LogP contribution in [0, 0.1) is 5.92 Å². The van der Waals surface area contributed by atoms with Crippen LogP contribution in [0.2, 0.25) is 0 Å². The van der Waals surface area contributed by atoms with Gasteiger partial charge in [-0.05, 0) is 43.4 Å². The zero-order valence-electron chi connectivity index (χ0n) is 16.8. The number of hydrogen-bond donors (Lipinski definition) is 3. The SMILES string of the molecule is CCCCCCCCC(CCCCCc1ccc(C(F)(F)F)cc1)C(O)(O)O. The molecule has 28 heavy (non-hydrogen) atoms. The number of hydrogen-bond acceptors (Lipinski definition) is 3. The van der Waals surface area contributed by atoms with Crippen molar-refractivity contribution in [3.05, 3.63) is 35.4 Å². The fourth-order valence-electron chi connectivity index (χ4n) is 3.46. The normalized spacial score (nSPS) is 13.7. The van der Waals surface area contributed by atoms with Crippen LogP contribution >= 0.6 is 0 Å². The van der Waals surface area contributed by atoms with E-state index in [1.54, 1.807) is 0 Å². The molecule has 0 radical (unpaired) electrons. The van der Waals surface area contributed by atoms with Gasteiger partial charge < -0.3 is 15.3 Å². The number of halogens is 3. The second kappa shape index (κ2) is 12.5. The molecule has 0 aromatic heterocycles. The summed E-state index contributed by atoms with van der Waals surface area (Å²) in [6, 6.07) is 5.21. The third-order valence-electron chi connectivity index (χ3n) is 5.25. The number of unbranched alkanes of at least 4 members (excludes halogenated alkanes) is 7. The Morgan fingerprint density at radius 2 is 1.25 bits per heavy atom. The lowest BCUT2D eigenvalue weighted by Crippen LogP contribution is -2.37. The molecule has 3 nitrogen and oxygen atoms in total. The molecule has 0 spiro atoms. The monoisotopic (exact) mass is 404 g/mol. The van der Waals surface area contributed by atoms with Crippen molar-refractivity contribution in [2.75, 3.05) is 0 Å². The second-order valence-corrected chi connectivity index (χ2v) is 7.73. The van der Waals surface area contributed by atoms with Crippen molar-refractivity contribution in [1.29, 1.82) is 0 Å². The highest BCUT2D eigenvalue weighted by molar-refractivity contribution is 5.24. The molecule has 1 unspecified atom stereocenters. The van der Waals surface area contributed by atoms with Crippen LogP contribution in [0.1, 0.15) is 88.7 Å². The van der Waals surface area contributed by atoms with Gasteiger partial charge in [0.25, 0.3) is 5.97 Å². The lowest BCUT2D eigenvalue weighted by molar-refractivity contribution is -0.344. The van der Waals surface area contributed by atoms with Gasteiger partial charge in [-0.15, -0.1) is 0 Å². The first-order chi connectivity index (χ1) is 13.1. The summed E-state index contributed by atoms with van der Waals surface area (Å²) in [6.45, 7) is 2.16. The first-order valence-corrected chi connectivity index (χ1v) is 10.5. The van der Waals surface area contributed by atoms with Crippen LogP contribution in [-0.2, 0) is 12.6 Å². The average Bonchev–Trinajstić information content (AvgIpc) is 2.61. The lowest BCUT2D eigenvalue weighted by Gasteiger charge is -2.26. The molecule has 1 aromatic carbocycles. The highest BCUT2D eigenvalue weighted by Gasteiger charge is 2.31. The molecule has 0 aliphatic carbocycles. The van der Waals surface area contributed by atoms with Crippen LogP contribution in [0.25, 0.3) is 0 Å². The van der Waals surface area contributed by atoms with E-state index in [1.807, 2.05) is 0 Å². The molecule has 3 N–H and O–H groups in total. The van der Waals surface area contributed by atoms with Gasteiger partial charge in [-0.2, -0.15) is 13.2 Å². The van der Waals surface area contributed by atoms with E-state index in [1.165, 1.54) is 31.4 Å². The summed E-state index contributed by atoms with van der Waals surface area (Å²) in [5.41, 5.74) is 0.219. The molecule has 0 aliphatic rings. The molecule has 0 heterocycles. The van der Waals surface area contributed by atoms with Gasteiger partial charge >= 0.3 is 6.18 Å². The fraction of sp³-hybridized carbons (Fsp3) is 0.727. The molecular weight excluding hydrogens is 369 g/mol. The molecule has 1 rings (SSSR count). The minimum atomic E-state index is -4.31. The van der Waals surface area contributed by atoms with Crippen LogP contribution < -0.4 is 0 Å². The van der Waals surface area contributed by atoms with E-state index in [0.717, 1.165) is 56.2 Å². The minimum absolute atomic E-state index is 0.519. The lowest BCUT2D eigenvalue weighted by atomic mass is 9.92. The Bertz CT molecular complexity index is 521. The van der Waals surface area contributed by atoms with E-state index in [2.05, 4.69) is 6.92 Å². The first kappa shape index (κ1) is 24.9. The average molecular weight is 405 g/mol. The van der Waals surface area contributed by atoms with Crippen LogP contribution in [-0.4, -0.2) is 21.3 Å². The predicted molar refractivity (Wildman–Crippen MR) is 104 cm³/mol.